The van der Waals surface area contributed by atoms with Gasteiger partial charge in [0.2, 0.25) is 0 Å². The molecule has 6 nitrogen and oxygen atoms in total. The van der Waals surface area contributed by atoms with Gasteiger partial charge in [0, 0.05) is 11.1 Å². The molecule has 0 saturated heterocycles. The van der Waals surface area contributed by atoms with Crippen molar-refractivity contribution in [1.82, 2.24) is 10.9 Å². The largest absolute Gasteiger partial charge is 0.486 e. The second-order valence-electron chi connectivity index (χ2n) is 5.59. The predicted molar refractivity (Wildman–Crippen MR) is 88.3 cm³/mol. The summed E-state index contributed by atoms with van der Waals surface area (Å²) in [5.74, 6) is 0.343. The fourth-order valence-electron chi connectivity index (χ4n) is 2.51. The van der Waals surface area contributed by atoms with Gasteiger partial charge in [-0.2, -0.15) is 0 Å². The van der Waals surface area contributed by atoms with Crippen molar-refractivity contribution in [2.75, 3.05) is 13.2 Å². The lowest BCUT2D eigenvalue weighted by Crippen LogP contribution is -2.41. The molecule has 1 aliphatic heterocycles. The molecular formula is C18H18N2O4. The van der Waals surface area contributed by atoms with E-state index < -0.39 is 5.91 Å². The van der Waals surface area contributed by atoms with E-state index in [0.29, 0.717) is 35.8 Å². The first-order valence-corrected chi connectivity index (χ1v) is 7.62. The Kier molecular flexibility index (Phi) is 4.37. The Hall–Kier alpha value is -3.02. The smallest absolute Gasteiger partial charge is 0.269 e. The van der Waals surface area contributed by atoms with Crippen molar-refractivity contribution in [1.29, 1.82) is 0 Å². The molecule has 0 radical (unpaired) electrons. The zero-order valence-corrected chi connectivity index (χ0v) is 13.5. The molecule has 3 rings (SSSR count). The second kappa shape index (κ2) is 6.62. The van der Waals surface area contributed by atoms with Gasteiger partial charge in [-0.05, 0) is 43.7 Å². The molecule has 0 bridgehead atoms. The number of hydrazine groups is 1. The topological polar surface area (TPSA) is 76.7 Å². The zero-order valence-electron chi connectivity index (χ0n) is 13.5. The van der Waals surface area contributed by atoms with Gasteiger partial charge >= 0.3 is 0 Å². The summed E-state index contributed by atoms with van der Waals surface area (Å²) in [6, 6.07) is 10.4. The van der Waals surface area contributed by atoms with E-state index in [2.05, 4.69) is 10.9 Å². The Bertz CT molecular complexity index is 802. The Morgan fingerprint density at radius 3 is 2.33 bits per heavy atom. The number of carbonyl (C=O) groups is 2. The maximum Gasteiger partial charge on any atom is 0.269 e. The molecule has 2 aromatic carbocycles. The van der Waals surface area contributed by atoms with Crippen LogP contribution in [0.4, 0.5) is 0 Å². The average molecular weight is 326 g/mol. The van der Waals surface area contributed by atoms with Crippen molar-refractivity contribution >= 4 is 11.8 Å². The highest BCUT2D eigenvalue weighted by Gasteiger charge is 2.16. The van der Waals surface area contributed by atoms with Gasteiger partial charge in [0.05, 0.1) is 0 Å². The van der Waals surface area contributed by atoms with Crippen molar-refractivity contribution < 1.29 is 19.1 Å². The van der Waals surface area contributed by atoms with E-state index in [-0.39, 0.29) is 5.91 Å². The maximum atomic E-state index is 12.2. The monoisotopic (exact) mass is 326 g/mol. The van der Waals surface area contributed by atoms with Crippen LogP contribution in [-0.2, 0) is 0 Å². The molecule has 1 heterocycles. The molecule has 0 fully saturated rings. The van der Waals surface area contributed by atoms with Crippen molar-refractivity contribution in [3.05, 3.63) is 58.7 Å². The highest BCUT2D eigenvalue weighted by atomic mass is 16.6. The third-order valence-electron chi connectivity index (χ3n) is 3.72. The third-order valence-corrected chi connectivity index (χ3v) is 3.72. The van der Waals surface area contributed by atoms with Crippen LogP contribution in [0.15, 0.2) is 36.4 Å². The highest BCUT2D eigenvalue weighted by molar-refractivity contribution is 6.00. The maximum absolute atomic E-state index is 12.2. The number of nitrogens with one attached hydrogen (secondary N) is 2. The fraction of sp³-hybridized carbons (Fsp3) is 0.222. The standard InChI is InChI=1S/C18H18N2O4/c1-11-3-5-14(12(2)9-11)18(22)20-19-17(21)13-4-6-15-16(10-13)24-8-7-23-15/h3-6,9-10H,7-8H2,1-2H3,(H,19,21)(H,20,22). The molecule has 0 aromatic heterocycles. The summed E-state index contributed by atoms with van der Waals surface area (Å²) in [5.41, 5.74) is 7.65. The SMILES string of the molecule is Cc1ccc(C(=O)NNC(=O)c2ccc3c(c2)OCCO3)c(C)c1. The number of fused-ring (bicyclic) bond motifs is 1. The van der Waals surface area contributed by atoms with E-state index >= 15 is 0 Å². The summed E-state index contributed by atoms with van der Waals surface area (Å²) in [6.07, 6.45) is 0. The predicted octanol–water partition coefficient (Wildman–Crippen LogP) is 2.15. The van der Waals surface area contributed by atoms with Crippen LogP contribution in [-0.4, -0.2) is 25.0 Å². The average Bonchev–Trinajstić information content (AvgIpc) is 2.59. The van der Waals surface area contributed by atoms with Gasteiger partial charge in [0.1, 0.15) is 13.2 Å². The van der Waals surface area contributed by atoms with Crippen LogP contribution in [0, 0.1) is 13.8 Å². The van der Waals surface area contributed by atoms with E-state index in [1.165, 1.54) is 0 Å². The first-order chi connectivity index (χ1) is 11.5. The molecule has 2 aromatic rings. The third kappa shape index (κ3) is 3.32. The Morgan fingerprint density at radius 2 is 1.58 bits per heavy atom. The van der Waals surface area contributed by atoms with Crippen LogP contribution in [0.2, 0.25) is 0 Å². The van der Waals surface area contributed by atoms with Crippen LogP contribution in [0.1, 0.15) is 31.8 Å². The summed E-state index contributed by atoms with van der Waals surface area (Å²) >= 11 is 0. The molecule has 1 aliphatic rings. The lowest BCUT2D eigenvalue weighted by Gasteiger charge is -2.18. The van der Waals surface area contributed by atoms with Gasteiger partial charge in [-0.3, -0.25) is 20.4 Å². The van der Waals surface area contributed by atoms with Crippen LogP contribution in [0.3, 0.4) is 0 Å². The molecule has 24 heavy (non-hydrogen) atoms. The lowest BCUT2D eigenvalue weighted by atomic mass is 10.1. The van der Waals surface area contributed by atoms with Crippen LogP contribution < -0.4 is 20.3 Å². The molecule has 0 unspecified atom stereocenters. The van der Waals surface area contributed by atoms with Gasteiger partial charge in [0.15, 0.2) is 11.5 Å². The van der Waals surface area contributed by atoms with Crippen LogP contribution in [0.5, 0.6) is 11.5 Å². The number of rotatable bonds is 2. The summed E-state index contributed by atoms with van der Waals surface area (Å²) in [6.45, 7) is 4.74. The van der Waals surface area contributed by atoms with Crippen molar-refractivity contribution in [3.63, 3.8) is 0 Å². The van der Waals surface area contributed by atoms with Crippen LogP contribution >= 0.6 is 0 Å². The molecule has 124 valence electrons. The molecule has 0 spiro atoms. The normalized spacial score (nSPS) is 12.4. The Morgan fingerprint density at radius 1 is 0.875 bits per heavy atom. The van der Waals surface area contributed by atoms with E-state index in [1.807, 2.05) is 26.0 Å². The van der Waals surface area contributed by atoms with Gasteiger partial charge < -0.3 is 9.47 Å². The Balaban J connectivity index is 1.66. The number of ether oxygens (including phenoxy) is 2. The highest BCUT2D eigenvalue weighted by Crippen LogP contribution is 2.30. The summed E-state index contributed by atoms with van der Waals surface area (Å²) in [7, 11) is 0. The molecule has 2 N–H and O–H groups in total. The molecule has 0 aliphatic carbocycles. The first kappa shape index (κ1) is 15.9. The van der Waals surface area contributed by atoms with Gasteiger partial charge in [0.25, 0.3) is 11.8 Å². The van der Waals surface area contributed by atoms with E-state index in [0.717, 1.165) is 11.1 Å². The molecule has 0 saturated carbocycles. The summed E-state index contributed by atoms with van der Waals surface area (Å²) < 4.78 is 10.9. The minimum atomic E-state index is -0.426. The first-order valence-electron chi connectivity index (χ1n) is 7.62. The van der Waals surface area contributed by atoms with Gasteiger partial charge in [-0.1, -0.05) is 17.7 Å². The fourth-order valence-corrected chi connectivity index (χ4v) is 2.51. The molecule has 0 atom stereocenters. The number of amides is 2. The molecular weight excluding hydrogens is 308 g/mol. The Labute approximate surface area is 139 Å². The number of aryl methyl sites for hydroxylation is 2. The van der Waals surface area contributed by atoms with Crippen molar-refractivity contribution in [2.24, 2.45) is 0 Å². The van der Waals surface area contributed by atoms with Gasteiger partial charge in [-0.25, -0.2) is 0 Å². The zero-order chi connectivity index (χ0) is 17.1. The summed E-state index contributed by atoms with van der Waals surface area (Å²) in [5, 5.41) is 0. The molecule has 6 heteroatoms. The number of carbonyl (C=O) groups excluding carboxylic acids is 2. The number of hydrogen-bond acceptors (Lipinski definition) is 4. The van der Waals surface area contributed by atoms with E-state index in [9.17, 15) is 9.59 Å². The van der Waals surface area contributed by atoms with Crippen LogP contribution in [0.25, 0.3) is 0 Å². The summed E-state index contributed by atoms with van der Waals surface area (Å²) in [4.78, 5) is 24.4. The van der Waals surface area contributed by atoms with Crippen molar-refractivity contribution in [3.8, 4) is 11.5 Å². The van der Waals surface area contributed by atoms with Crippen molar-refractivity contribution in [2.45, 2.75) is 13.8 Å². The minimum absolute atomic E-state index is 0.363. The number of hydrogen-bond donors (Lipinski definition) is 2. The van der Waals surface area contributed by atoms with E-state index in [4.69, 9.17) is 9.47 Å². The van der Waals surface area contributed by atoms with Gasteiger partial charge in [-0.15, -0.1) is 0 Å². The second-order valence-corrected chi connectivity index (χ2v) is 5.59. The number of benzene rings is 2. The molecule has 2 amide bonds. The minimum Gasteiger partial charge on any atom is -0.486 e. The van der Waals surface area contributed by atoms with E-state index in [1.54, 1.807) is 24.3 Å². The lowest BCUT2D eigenvalue weighted by molar-refractivity contribution is 0.0845. The quantitative estimate of drug-likeness (QED) is 0.829.